The number of pyridine rings is 1. The van der Waals surface area contributed by atoms with Crippen molar-refractivity contribution >= 4 is 22.6 Å². The Labute approximate surface area is 161 Å². The highest BCUT2D eigenvalue weighted by Gasteiger charge is 2.43. The number of carbonyl (C=O) groups is 1. The highest BCUT2D eigenvalue weighted by atomic mass is 19.1. The zero-order valence-corrected chi connectivity index (χ0v) is 15.7. The summed E-state index contributed by atoms with van der Waals surface area (Å²) in [4.78, 5) is 26.2. The molecular formula is C21H23FN2O4. The van der Waals surface area contributed by atoms with Gasteiger partial charge in [0.15, 0.2) is 0 Å². The van der Waals surface area contributed by atoms with Crippen LogP contribution in [0.3, 0.4) is 0 Å². The number of hydrogen-bond donors (Lipinski definition) is 2. The summed E-state index contributed by atoms with van der Waals surface area (Å²) in [5, 5.41) is 19.7. The van der Waals surface area contributed by atoms with Gasteiger partial charge in [0.25, 0.3) is 0 Å². The highest BCUT2D eigenvalue weighted by molar-refractivity contribution is 5.95. The van der Waals surface area contributed by atoms with E-state index in [2.05, 4.69) is 0 Å². The number of aromatic carboxylic acids is 1. The lowest BCUT2D eigenvalue weighted by atomic mass is 10.00. The second-order valence-electron chi connectivity index (χ2n) is 8.52. The van der Waals surface area contributed by atoms with E-state index in [0.717, 1.165) is 25.7 Å². The smallest absolute Gasteiger partial charge is 0.341 e. The third kappa shape index (κ3) is 2.49. The quantitative estimate of drug-likeness (QED) is 0.848. The number of hydrogen-bond acceptors (Lipinski definition) is 4. The van der Waals surface area contributed by atoms with Gasteiger partial charge in [-0.15, -0.1) is 0 Å². The summed E-state index contributed by atoms with van der Waals surface area (Å²) in [5.74, 6) is -1.26. The number of aliphatic hydroxyl groups excluding tert-OH is 1. The molecule has 2 aromatic rings. The predicted molar refractivity (Wildman–Crippen MR) is 103 cm³/mol. The molecule has 3 fully saturated rings. The van der Waals surface area contributed by atoms with E-state index in [0.29, 0.717) is 35.8 Å². The molecule has 2 aliphatic carbocycles. The van der Waals surface area contributed by atoms with Crippen LogP contribution in [-0.4, -0.2) is 39.9 Å². The van der Waals surface area contributed by atoms with Gasteiger partial charge >= 0.3 is 5.97 Å². The first-order valence-electron chi connectivity index (χ1n) is 9.91. The number of aryl methyl sites for hydroxylation is 1. The fourth-order valence-corrected chi connectivity index (χ4v) is 5.27. The van der Waals surface area contributed by atoms with Crippen LogP contribution >= 0.6 is 0 Å². The van der Waals surface area contributed by atoms with Crippen molar-refractivity contribution in [3.8, 4) is 0 Å². The summed E-state index contributed by atoms with van der Waals surface area (Å²) in [5.41, 5.74) is 0.828. The van der Waals surface area contributed by atoms with E-state index in [1.165, 1.54) is 12.3 Å². The van der Waals surface area contributed by atoms with Crippen LogP contribution in [0.25, 0.3) is 10.9 Å². The Morgan fingerprint density at radius 2 is 1.96 bits per heavy atom. The second-order valence-corrected chi connectivity index (χ2v) is 8.52. The van der Waals surface area contributed by atoms with Crippen molar-refractivity contribution in [2.75, 3.05) is 18.0 Å². The van der Waals surface area contributed by atoms with Crippen molar-refractivity contribution in [2.24, 2.45) is 11.8 Å². The van der Waals surface area contributed by atoms with E-state index in [-0.39, 0.29) is 29.0 Å². The number of rotatable bonds is 3. The number of nitrogens with zero attached hydrogens (tertiary/aromatic N) is 2. The van der Waals surface area contributed by atoms with Gasteiger partial charge in [0.1, 0.15) is 11.4 Å². The van der Waals surface area contributed by atoms with Crippen LogP contribution in [-0.2, 0) is 0 Å². The van der Waals surface area contributed by atoms with Crippen molar-refractivity contribution in [2.45, 2.75) is 44.8 Å². The average Bonchev–Trinajstić information content (AvgIpc) is 3.31. The van der Waals surface area contributed by atoms with Crippen LogP contribution in [0.15, 0.2) is 17.1 Å². The van der Waals surface area contributed by atoms with Gasteiger partial charge in [-0.25, -0.2) is 9.18 Å². The van der Waals surface area contributed by atoms with Crippen LogP contribution in [0.2, 0.25) is 0 Å². The Hall–Kier alpha value is -2.41. The number of aliphatic hydroxyl groups is 1. The monoisotopic (exact) mass is 386 g/mol. The molecule has 3 unspecified atom stereocenters. The summed E-state index contributed by atoms with van der Waals surface area (Å²) in [6.07, 6.45) is 4.68. The second kappa shape index (κ2) is 6.04. The highest BCUT2D eigenvalue weighted by Crippen LogP contribution is 2.44. The van der Waals surface area contributed by atoms with Gasteiger partial charge in [0, 0.05) is 36.6 Å². The Morgan fingerprint density at radius 3 is 2.61 bits per heavy atom. The number of benzene rings is 1. The number of aromatic nitrogens is 1. The zero-order valence-electron chi connectivity index (χ0n) is 15.7. The minimum absolute atomic E-state index is 0.130. The molecule has 0 spiro atoms. The average molecular weight is 386 g/mol. The number of fused-ring (bicyclic) bond motifs is 2. The summed E-state index contributed by atoms with van der Waals surface area (Å²) in [6, 6.07) is 1.36. The van der Waals surface area contributed by atoms with Crippen molar-refractivity contribution in [1.82, 2.24) is 4.57 Å². The molecular weight excluding hydrogens is 363 g/mol. The van der Waals surface area contributed by atoms with E-state index < -0.39 is 17.2 Å². The molecule has 0 bridgehead atoms. The maximum absolute atomic E-state index is 15.2. The van der Waals surface area contributed by atoms with Crippen molar-refractivity contribution < 1.29 is 19.4 Å². The van der Waals surface area contributed by atoms with Gasteiger partial charge in [-0.05, 0) is 50.2 Å². The first-order valence-corrected chi connectivity index (χ1v) is 9.91. The molecule has 2 heterocycles. The summed E-state index contributed by atoms with van der Waals surface area (Å²) in [6.45, 7) is 3.12. The molecule has 2 saturated carbocycles. The van der Waals surface area contributed by atoms with E-state index in [1.807, 2.05) is 16.4 Å². The Morgan fingerprint density at radius 1 is 1.21 bits per heavy atom. The fourth-order valence-electron chi connectivity index (χ4n) is 5.27. The fraction of sp³-hybridized carbons (Fsp3) is 0.524. The lowest BCUT2D eigenvalue weighted by Crippen LogP contribution is -2.27. The number of anilines is 1. The molecule has 3 atom stereocenters. The lowest BCUT2D eigenvalue weighted by molar-refractivity contribution is 0.0694. The molecule has 5 rings (SSSR count). The number of carboxylic acids is 1. The molecule has 3 aliphatic rings. The van der Waals surface area contributed by atoms with Crippen molar-refractivity contribution in [3.05, 3.63) is 39.4 Å². The molecule has 0 amide bonds. The van der Waals surface area contributed by atoms with E-state index in [1.54, 1.807) is 0 Å². The largest absolute Gasteiger partial charge is 0.477 e. The molecule has 28 heavy (non-hydrogen) atoms. The zero-order chi connectivity index (χ0) is 19.7. The number of halogens is 1. The maximum Gasteiger partial charge on any atom is 0.341 e. The molecule has 7 heteroatoms. The molecule has 0 radical (unpaired) electrons. The standard InChI is InChI=1S/C21H23FN2O4/c1-10-18-13(20(26)15(21(27)28)9-24(18)12-3-4-12)6-16(22)19(10)23-7-11-2-5-17(25)14(11)8-23/h6,9,11-12,14,17,25H,2-5,7-8H2,1H3,(H,27,28). The number of carboxylic acid groups (broad SMARTS) is 1. The predicted octanol–water partition coefficient (Wildman–Crippen LogP) is 2.69. The third-order valence-corrected chi connectivity index (χ3v) is 6.78. The van der Waals surface area contributed by atoms with Crippen LogP contribution in [0.5, 0.6) is 0 Å². The normalized spacial score (nSPS) is 26.8. The lowest BCUT2D eigenvalue weighted by Gasteiger charge is -2.25. The van der Waals surface area contributed by atoms with Gasteiger partial charge in [-0.1, -0.05) is 0 Å². The molecule has 1 saturated heterocycles. The van der Waals surface area contributed by atoms with Gasteiger partial charge < -0.3 is 19.7 Å². The molecule has 148 valence electrons. The van der Waals surface area contributed by atoms with Crippen LogP contribution in [0.1, 0.15) is 47.6 Å². The van der Waals surface area contributed by atoms with Gasteiger partial charge in [0.05, 0.1) is 17.3 Å². The first kappa shape index (κ1) is 17.7. The molecule has 6 nitrogen and oxygen atoms in total. The SMILES string of the molecule is Cc1c(N2CC3CCC(O)C3C2)c(F)cc2c(=O)c(C(=O)O)cn(C3CC3)c12. The van der Waals surface area contributed by atoms with Gasteiger partial charge in [0.2, 0.25) is 5.43 Å². The summed E-state index contributed by atoms with van der Waals surface area (Å²) in [7, 11) is 0. The topological polar surface area (TPSA) is 82.8 Å². The maximum atomic E-state index is 15.2. The van der Waals surface area contributed by atoms with Crippen LogP contribution < -0.4 is 10.3 Å². The summed E-state index contributed by atoms with van der Waals surface area (Å²) < 4.78 is 17.0. The molecule has 2 N–H and O–H groups in total. The minimum atomic E-state index is -1.29. The Bertz CT molecular complexity index is 1060. The van der Waals surface area contributed by atoms with Crippen LogP contribution in [0.4, 0.5) is 10.1 Å². The molecule has 1 aromatic carbocycles. The van der Waals surface area contributed by atoms with Gasteiger partial charge in [-0.2, -0.15) is 0 Å². The van der Waals surface area contributed by atoms with E-state index in [9.17, 15) is 19.8 Å². The Balaban J connectivity index is 1.70. The Kier molecular flexibility index (Phi) is 3.81. The van der Waals surface area contributed by atoms with E-state index in [4.69, 9.17) is 0 Å². The van der Waals surface area contributed by atoms with Crippen LogP contribution in [0, 0.1) is 24.6 Å². The first-order chi connectivity index (χ1) is 13.4. The van der Waals surface area contributed by atoms with Gasteiger partial charge in [-0.3, -0.25) is 4.79 Å². The minimum Gasteiger partial charge on any atom is -0.477 e. The van der Waals surface area contributed by atoms with E-state index >= 15 is 4.39 Å². The van der Waals surface area contributed by atoms with Crippen molar-refractivity contribution in [1.29, 1.82) is 0 Å². The third-order valence-electron chi connectivity index (χ3n) is 6.78. The van der Waals surface area contributed by atoms with Crippen molar-refractivity contribution in [3.63, 3.8) is 0 Å². The summed E-state index contributed by atoms with van der Waals surface area (Å²) >= 11 is 0. The molecule has 1 aromatic heterocycles. The molecule has 1 aliphatic heterocycles.